The third kappa shape index (κ3) is 3.09. The number of guanidine groups is 1. The zero-order valence-electron chi connectivity index (χ0n) is 12.0. The fourth-order valence-corrected chi connectivity index (χ4v) is 1.86. The topological polar surface area (TPSA) is 48.4 Å². The molecule has 0 aromatic heterocycles. The Morgan fingerprint density at radius 1 is 1.10 bits per heavy atom. The maximum atomic E-state index is 7.94. The molecule has 4 heteroatoms. The average molecular weight is 269 g/mol. The lowest BCUT2D eigenvalue weighted by Crippen LogP contribution is -2.28. The summed E-state index contributed by atoms with van der Waals surface area (Å²) in [4.78, 5) is 1.72. The van der Waals surface area contributed by atoms with E-state index in [-0.39, 0.29) is 0 Å². The Morgan fingerprint density at radius 3 is 2.40 bits per heavy atom. The minimum Gasteiger partial charge on any atom is -0.497 e. The Labute approximate surface area is 119 Å². The van der Waals surface area contributed by atoms with E-state index in [2.05, 4.69) is 5.32 Å². The van der Waals surface area contributed by atoms with Gasteiger partial charge in [-0.2, -0.15) is 0 Å². The first-order valence-electron chi connectivity index (χ1n) is 6.38. The lowest BCUT2D eigenvalue weighted by Gasteiger charge is -2.18. The van der Waals surface area contributed by atoms with E-state index in [1.807, 2.05) is 62.6 Å². The Bertz CT molecular complexity index is 594. The number of rotatable bonds is 3. The van der Waals surface area contributed by atoms with E-state index in [1.54, 1.807) is 12.0 Å². The van der Waals surface area contributed by atoms with Crippen LogP contribution in [0, 0.1) is 5.41 Å². The van der Waals surface area contributed by atoms with Crippen LogP contribution in [-0.2, 0) is 0 Å². The van der Waals surface area contributed by atoms with Crippen LogP contribution in [0.2, 0.25) is 0 Å². The smallest absolute Gasteiger partial charge is 0.195 e. The van der Waals surface area contributed by atoms with Gasteiger partial charge in [-0.25, -0.2) is 0 Å². The molecule has 4 nitrogen and oxygen atoms in total. The van der Waals surface area contributed by atoms with Crippen molar-refractivity contribution in [3.8, 4) is 16.9 Å². The van der Waals surface area contributed by atoms with Gasteiger partial charge in [-0.15, -0.1) is 0 Å². The molecule has 0 aliphatic heterocycles. The second-order valence-electron chi connectivity index (χ2n) is 4.65. The van der Waals surface area contributed by atoms with Crippen molar-refractivity contribution in [1.29, 1.82) is 5.41 Å². The summed E-state index contributed by atoms with van der Waals surface area (Å²) >= 11 is 0. The first-order valence-corrected chi connectivity index (χ1v) is 6.38. The van der Waals surface area contributed by atoms with Crippen LogP contribution < -0.4 is 10.1 Å². The third-order valence-electron chi connectivity index (χ3n) is 3.01. The van der Waals surface area contributed by atoms with Crippen molar-refractivity contribution in [1.82, 2.24) is 4.90 Å². The van der Waals surface area contributed by atoms with Crippen molar-refractivity contribution < 1.29 is 4.74 Å². The highest BCUT2D eigenvalue weighted by Crippen LogP contribution is 2.31. The number of methoxy groups -OCH3 is 1. The normalized spacial score (nSPS) is 9.95. The monoisotopic (exact) mass is 269 g/mol. The Hall–Kier alpha value is -2.49. The van der Waals surface area contributed by atoms with E-state index in [0.29, 0.717) is 5.96 Å². The predicted molar refractivity (Wildman–Crippen MR) is 83.5 cm³/mol. The largest absolute Gasteiger partial charge is 0.497 e. The minimum absolute atomic E-state index is 0.329. The van der Waals surface area contributed by atoms with E-state index in [4.69, 9.17) is 10.1 Å². The van der Waals surface area contributed by atoms with Crippen LogP contribution in [0.25, 0.3) is 11.1 Å². The van der Waals surface area contributed by atoms with Crippen LogP contribution in [0.5, 0.6) is 5.75 Å². The van der Waals surface area contributed by atoms with Crippen LogP contribution in [0.15, 0.2) is 48.5 Å². The highest BCUT2D eigenvalue weighted by molar-refractivity contribution is 5.96. The zero-order chi connectivity index (χ0) is 14.5. The van der Waals surface area contributed by atoms with Crippen molar-refractivity contribution in [2.45, 2.75) is 0 Å². The molecule has 0 heterocycles. The molecule has 20 heavy (non-hydrogen) atoms. The number of hydrogen-bond acceptors (Lipinski definition) is 2. The summed E-state index contributed by atoms with van der Waals surface area (Å²) in [6.07, 6.45) is 0. The zero-order valence-corrected chi connectivity index (χ0v) is 12.0. The predicted octanol–water partition coefficient (Wildman–Crippen LogP) is 3.27. The SMILES string of the molecule is COc1ccc(-c2ccccc2)c(NC(=N)N(C)C)c1. The van der Waals surface area contributed by atoms with E-state index >= 15 is 0 Å². The van der Waals surface area contributed by atoms with Crippen molar-refractivity contribution in [3.63, 3.8) is 0 Å². The molecule has 0 bridgehead atoms. The Morgan fingerprint density at radius 2 is 1.80 bits per heavy atom. The van der Waals surface area contributed by atoms with Crippen LogP contribution in [0.4, 0.5) is 5.69 Å². The number of nitrogens with one attached hydrogen (secondary N) is 2. The van der Waals surface area contributed by atoms with E-state index in [0.717, 1.165) is 22.6 Å². The molecule has 0 aliphatic carbocycles. The number of benzene rings is 2. The van der Waals surface area contributed by atoms with Crippen molar-refractivity contribution in [3.05, 3.63) is 48.5 Å². The molecule has 2 aromatic rings. The molecule has 0 unspecified atom stereocenters. The van der Waals surface area contributed by atoms with Gasteiger partial charge in [0.05, 0.1) is 12.8 Å². The van der Waals surface area contributed by atoms with Gasteiger partial charge < -0.3 is 15.0 Å². The number of hydrogen-bond donors (Lipinski definition) is 2. The Balaban J connectivity index is 2.43. The summed E-state index contributed by atoms with van der Waals surface area (Å²) < 4.78 is 5.26. The molecule has 2 aromatic carbocycles. The van der Waals surface area contributed by atoms with Crippen molar-refractivity contribution >= 4 is 11.6 Å². The molecule has 0 fully saturated rings. The highest BCUT2D eigenvalue weighted by atomic mass is 16.5. The van der Waals surface area contributed by atoms with E-state index in [1.165, 1.54) is 0 Å². The Kier molecular flexibility index (Phi) is 4.25. The maximum Gasteiger partial charge on any atom is 0.195 e. The molecule has 2 rings (SSSR count). The van der Waals surface area contributed by atoms with Gasteiger partial charge in [0, 0.05) is 25.7 Å². The van der Waals surface area contributed by atoms with Gasteiger partial charge in [0.15, 0.2) is 5.96 Å². The van der Waals surface area contributed by atoms with Crippen LogP contribution >= 0.6 is 0 Å². The molecule has 0 radical (unpaired) electrons. The first kappa shape index (κ1) is 13.9. The number of ether oxygens (including phenoxy) is 1. The summed E-state index contributed by atoms with van der Waals surface area (Å²) in [6.45, 7) is 0. The number of nitrogens with zero attached hydrogens (tertiary/aromatic N) is 1. The fraction of sp³-hybridized carbons (Fsp3) is 0.188. The molecule has 0 amide bonds. The van der Waals surface area contributed by atoms with E-state index in [9.17, 15) is 0 Å². The van der Waals surface area contributed by atoms with Crippen molar-refractivity contribution in [2.24, 2.45) is 0 Å². The molecular formula is C16H19N3O. The molecule has 0 saturated heterocycles. The average Bonchev–Trinajstić information content (AvgIpc) is 2.48. The van der Waals surface area contributed by atoms with Gasteiger partial charge in [-0.1, -0.05) is 30.3 Å². The number of anilines is 1. The van der Waals surface area contributed by atoms with Gasteiger partial charge in [-0.3, -0.25) is 5.41 Å². The lowest BCUT2D eigenvalue weighted by molar-refractivity contribution is 0.415. The molecule has 0 atom stereocenters. The van der Waals surface area contributed by atoms with Crippen LogP contribution in [0.3, 0.4) is 0 Å². The van der Waals surface area contributed by atoms with Gasteiger partial charge in [0.25, 0.3) is 0 Å². The molecule has 0 spiro atoms. The summed E-state index contributed by atoms with van der Waals surface area (Å²) in [5.41, 5.74) is 3.00. The van der Waals surface area contributed by atoms with Gasteiger partial charge in [-0.05, 0) is 17.7 Å². The van der Waals surface area contributed by atoms with Crippen LogP contribution in [-0.4, -0.2) is 32.1 Å². The lowest BCUT2D eigenvalue weighted by atomic mass is 10.0. The molecular weight excluding hydrogens is 250 g/mol. The van der Waals surface area contributed by atoms with Crippen LogP contribution in [0.1, 0.15) is 0 Å². The fourth-order valence-electron chi connectivity index (χ4n) is 1.86. The first-order chi connectivity index (χ1) is 9.61. The third-order valence-corrected chi connectivity index (χ3v) is 3.01. The highest BCUT2D eigenvalue weighted by Gasteiger charge is 2.09. The minimum atomic E-state index is 0.329. The van der Waals surface area contributed by atoms with Gasteiger partial charge in [0.2, 0.25) is 0 Å². The summed E-state index contributed by atoms with van der Waals surface area (Å²) in [6, 6.07) is 15.9. The van der Waals surface area contributed by atoms with Gasteiger partial charge in [0.1, 0.15) is 5.75 Å². The van der Waals surface area contributed by atoms with Gasteiger partial charge >= 0.3 is 0 Å². The molecule has 0 saturated carbocycles. The van der Waals surface area contributed by atoms with Crippen molar-refractivity contribution in [2.75, 3.05) is 26.5 Å². The second kappa shape index (κ2) is 6.10. The summed E-state index contributed by atoms with van der Waals surface area (Å²) in [5.74, 6) is 1.09. The standard InChI is InChI=1S/C16H19N3O/c1-19(2)16(17)18-15-11-13(20-3)9-10-14(15)12-7-5-4-6-8-12/h4-11H,1-3H3,(H2,17,18). The summed E-state index contributed by atoms with van der Waals surface area (Å²) in [5, 5.41) is 11.1. The quantitative estimate of drug-likeness (QED) is 0.664. The summed E-state index contributed by atoms with van der Waals surface area (Å²) in [7, 11) is 5.30. The molecule has 0 aliphatic rings. The maximum absolute atomic E-state index is 7.94. The molecule has 2 N–H and O–H groups in total. The van der Waals surface area contributed by atoms with E-state index < -0.39 is 0 Å². The second-order valence-corrected chi connectivity index (χ2v) is 4.65. The molecule has 104 valence electrons.